The van der Waals surface area contributed by atoms with Crippen LogP contribution in [0.4, 0.5) is 0 Å². The standard InChI is InChI=1S/C17H22N6O/c1-12(2)17-20-16(24-21-17)9-22(4)13(3)14-5-7-15(8-6-14)23-11-18-10-19-23/h5-8,10-13H,9H2,1-4H3/t13-/m1/s1. The van der Waals surface area contributed by atoms with E-state index in [1.165, 1.54) is 11.9 Å². The molecule has 1 atom stereocenters. The van der Waals surface area contributed by atoms with Crippen molar-refractivity contribution in [2.24, 2.45) is 0 Å². The van der Waals surface area contributed by atoms with Gasteiger partial charge in [-0.05, 0) is 31.7 Å². The van der Waals surface area contributed by atoms with E-state index in [1.807, 2.05) is 12.1 Å². The van der Waals surface area contributed by atoms with Crippen LogP contribution in [0, 0.1) is 0 Å². The van der Waals surface area contributed by atoms with Crippen molar-refractivity contribution in [1.82, 2.24) is 29.8 Å². The average Bonchev–Trinajstić information content (AvgIpc) is 3.26. The van der Waals surface area contributed by atoms with Gasteiger partial charge in [-0.3, -0.25) is 4.90 Å². The molecule has 2 aromatic heterocycles. The van der Waals surface area contributed by atoms with E-state index >= 15 is 0 Å². The average molecular weight is 326 g/mol. The summed E-state index contributed by atoms with van der Waals surface area (Å²) in [6.45, 7) is 6.88. The first-order valence-electron chi connectivity index (χ1n) is 8.02. The minimum absolute atomic E-state index is 0.226. The molecule has 24 heavy (non-hydrogen) atoms. The van der Waals surface area contributed by atoms with Gasteiger partial charge in [-0.25, -0.2) is 9.67 Å². The van der Waals surface area contributed by atoms with E-state index in [0.29, 0.717) is 12.4 Å². The molecule has 0 saturated heterocycles. The second-order valence-electron chi connectivity index (χ2n) is 6.22. The van der Waals surface area contributed by atoms with Crippen molar-refractivity contribution in [2.45, 2.75) is 39.3 Å². The van der Waals surface area contributed by atoms with Gasteiger partial charge < -0.3 is 4.52 Å². The van der Waals surface area contributed by atoms with Crippen molar-refractivity contribution in [3.63, 3.8) is 0 Å². The van der Waals surface area contributed by atoms with Gasteiger partial charge in [0.05, 0.1) is 12.2 Å². The highest BCUT2D eigenvalue weighted by atomic mass is 16.5. The molecule has 0 bridgehead atoms. The van der Waals surface area contributed by atoms with E-state index in [-0.39, 0.29) is 12.0 Å². The smallest absolute Gasteiger partial charge is 0.240 e. The van der Waals surface area contributed by atoms with E-state index in [4.69, 9.17) is 4.52 Å². The van der Waals surface area contributed by atoms with Gasteiger partial charge in [0.25, 0.3) is 0 Å². The van der Waals surface area contributed by atoms with Crippen LogP contribution in [0.25, 0.3) is 5.69 Å². The molecule has 2 heterocycles. The SMILES string of the molecule is CC(C)c1noc(CN(C)[C@H](C)c2ccc(-n3cncn3)cc2)n1. The fourth-order valence-electron chi connectivity index (χ4n) is 2.42. The minimum atomic E-state index is 0.226. The fourth-order valence-corrected chi connectivity index (χ4v) is 2.42. The molecule has 0 radical (unpaired) electrons. The number of benzene rings is 1. The third-order valence-electron chi connectivity index (χ3n) is 4.10. The van der Waals surface area contributed by atoms with Crippen molar-refractivity contribution in [2.75, 3.05) is 7.05 Å². The van der Waals surface area contributed by atoms with Crippen molar-refractivity contribution in [3.05, 3.63) is 54.2 Å². The maximum atomic E-state index is 5.33. The van der Waals surface area contributed by atoms with Gasteiger partial charge in [-0.15, -0.1) is 0 Å². The molecule has 3 rings (SSSR count). The van der Waals surface area contributed by atoms with Gasteiger partial charge in [0, 0.05) is 12.0 Å². The van der Waals surface area contributed by atoms with E-state index in [1.54, 1.807) is 11.0 Å². The third-order valence-corrected chi connectivity index (χ3v) is 4.10. The molecule has 0 saturated carbocycles. The number of hydrogen-bond donors (Lipinski definition) is 0. The first-order chi connectivity index (χ1) is 11.5. The Labute approximate surface area is 141 Å². The highest BCUT2D eigenvalue weighted by Crippen LogP contribution is 2.22. The van der Waals surface area contributed by atoms with E-state index in [0.717, 1.165) is 11.5 Å². The lowest BCUT2D eigenvalue weighted by molar-refractivity contribution is 0.216. The predicted molar refractivity (Wildman–Crippen MR) is 89.6 cm³/mol. The molecule has 1 aromatic carbocycles. The van der Waals surface area contributed by atoms with Crippen LogP contribution in [0.15, 0.2) is 41.4 Å². The molecule has 0 amide bonds. The number of aromatic nitrogens is 5. The highest BCUT2D eigenvalue weighted by molar-refractivity contribution is 5.34. The van der Waals surface area contributed by atoms with Gasteiger partial charge in [-0.2, -0.15) is 10.1 Å². The second-order valence-corrected chi connectivity index (χ2v) is 6.22. The Bertz CT molecular complexity index is 763. The Balaban J connectivity index is 1.67. The lowest BCUT2D eigenvalue weighted by Crippen LogP contribution is -2.22. The topological polar surface area (TPSA) is 72.9 Å². The van der Waals surface area contributed by atoms with Crippen LogP contribution >= 0.6 is 0 Å². The Hall–Kier alpha value is -2.54. The molecule has 0 aliphatic heterocycles. The van der Waals surface area contributed by atoms with Gasteiger partial charge >= 0.3 is 0 Å². The molecule has 0 aliphatic carbocycles. The maximum Gasteiger partial charge on any atom is 0.240 e. The summed E-state index contributed by atoms with van der Waals surface area (Å²) in [4.78, 5) is 10.6. The van der Waals surface area contributed by atoms with E-state index in [2.05, 4.69) is 65.1 Å². The summed E-state index contributed by atoms with van der Waals surface area (Å²) in [5, 5.41) is 8.15. The Morgan fingerprint density at radius 2 is 1.92 bits per heavy atom. The van der Waals surface area contributed by atoms with Crippen LogP contribution < -0.4 is 0 Å². The molecule has 7 nitrogen and oxygen atoms in total. The van der Waals surface area contributed by atoms with Gasteiger partial charge in [0.1, 0.15) is 12.7 Å². The predicted octanol–water partition coefficient (Wildman–Crippen LogP) is 2.97. The molecule has 7 heteroatoms. The lowest BCUT2D eigenvalue weighted by Gasteiger charge is -2.23. The zero-order valence-corrected chi connectivity index (χ0v) is 14.4. The third kappa shape index (κ3) is 3.51. The first-order valence-corrected chi connectivity index (χ1v) is 8.02. The number of hydrogen-bond acceptors (Lipinski definition) is 6. The lowest BCUT2D eigenvalue weighted by atomic mass is 10.1. The zero-order chi connectivity index (χ0) is 17.1. The summed E-state index contributed by atoms with van der Waals surface area (Å²) >= 11 is 0. The molecule has 126 valence electrons. The highest BCUT2D eigenvalue weighted by Gasteiger charge is 2.16. The van der Waals surface area contributed by atoms with Crippen LogP contribution in [0.2, 0.25) is 0 Å². The molecular weight excluding hydrogens is 304 g/mol. The van der Waals surface area contributed by atoms with Crippen LogP contribution in [-0.4, -0.2) is 36.9 Å². The number of nitrogens with zero attached hydrogens (tertiary/aromatic N) is 6. The van der Waals surface area contributed by atoms with Crippen LogP contribution in [0.1, 0.15) is 50.0 Å². The van der Waals surface area contributed by atoms with Crippen molar-refractivity contribution >= 4 is 0 Å². The number of rotatable bonds is 6. The fraction of sp³-hybridized carbons (Fsp3) is 0.412. The summed E-state index contributed by atoms with van der Waals surface area (Å²) in [5.41, 5.74) is 2.20. The molecule has 3 aromatic rings. The molecule has 0 unspecified atom stereocenters. The minimum Gasteiger partial charge on any atom is -0.338 e. The van der Waals surface area contributed by atoms with Crippen LogP contribution in [0.3, 0.4) is 0 Å². The maximum absolute atomic E-state index is 5.33. The van der Waals surface area contributed by atoms with E-state index in [9.17, 15) is 0 Å². The Morgan fingerprint density at radius 1 is 1.17 bits per heavy atom. The normalized spacial score (nSPS) is 12.9. The summed E-state index contributed by atoms with van der Waals surface area (Å²) in [7, 11) is 2.05. The van der Waals surface area contributed by atoms with Gasteiger partial charge in [0.15, 0.2) is 5.82 Å². The molecule has 0 N–H and O–H groups in total. The first kappa shape index (κ1) is 16.3. The van der Waals surface area contributed by atoms with Gasteiger partial charge in [0.2, 0.25) is 5.89 Å². The summed E-state index contributed by atoms with van der Waals surface area (Å²) in [6.07, 6.45) is 3.21. The van der Waals surface area contributed by atoms with Gasteiger partial charge in [-0.1, -0.05) is 31.1 Å². The quantitative estimate of drug-likeness (QED) is 0.693. The molecular formula is C17H22N6O. The summed E-state index contributed by atoms with van der Waals surface area (Å²) < 4.78 is 7.07. The van der Waals surface area contributed by atoms with Crippen molar-refractivity contribution in [3.8, 4) is 5.69 Å². The molecule has 0 aliphatic rings. The van der Waals surface area contributed by atoms with Crippen molar-refractivity contribution < 1.29 is 4.52 Å². The van der Waals surface area contributed by atoms with Crippen molar-refractivity contribution in [1.29, 1.82) is 0 Å². The van der Waals surface area contributed by atoms with Crippen LogP contribution in [0.5, 0.6) is 0 Å². The Morgan fingerprint density at radius 3 is 2.50 bits per heavy atom. The van der Waals surface area contributed by atoms with E-state index < -0.39 is 0 Å². The largest absolute Gasteiger partial charge is 0.338 e. The molecule has 0 fully saturated rings. The second kappa shape index (κ2) is 6.92. The van der Waals surface area contributed by atoms with Crippen LogP contribution in [-0.2, 0) is 6.54 Å². The summed E-state index contributed by atoms with van der Waals surface area (Å²) in [5.74, 6) is 1.67. The zero-order valence-electron chi connectivity index (χ0n) is 14.4. The monoisotopic (exact) mass is 326 g/mol. The summed E-state index contributed by atoms with van der Waals surface area (Å²) in [6, 6.07) is 8.51. The Kier molecular flexibility index (Phi) is 4.71. The molecule has 0 spiro atoms.